The topological polar surface area (TPSA) is 96.4 Å². The van der Waals surface area contributed by atoms with E-state index in [-0.39, 0.29) is 0 Å². The van der Waals surface area contributed by atoms with E-state index in [1.807, 2.05) is 0 Å². The Morgan fingerprint density at radius 3 is 2.62 bits per heavy atom. The number of anilines is 1. The van der Waals surface area contributed by atoms with Crippen molar-refractivity contribution in [2.45, 2.75) is 39.7 Å². The predicted octanol–water partition coefficient (Wildman–Crippen LogP) is 3.36. The van der Waals surface area contributed by atoms with Crippen LogP contribution in [0.1, 0.15) is 30.5 Å². The quantitative estimate of drug-likeness (QED) is 0.669. The number of carboxylic acids is 1. The third-order valence-corrected chi connectivity index (χ3v) is 3.79. The van der Waals surface area contributed by atoms with Gasteiger partial charge in [0.15, 0.2) is 0 Å². The molecule has 0 fully saturated rings. The third-order valence-electron chi connectivity index (χ3n) is 3.79. The molecule has 1 aromatic heterocycles. The van der Waals surface area contributed by atoms with Crippen LogP contribution in [0.25, 0.3) is 0 Å². The van der Waals surface area contributed by atoms with Crippen LogP contribution in [-0.2, 0) is 24.4 Å². The molecule has 2 aromatic rings. The van der Waals surface area contributed by atoms with E-state index in [0.29, 0.717) is 18.4 Å². The van der Waals surface area contributed by atoms with Crippen molar-refractivity contribution in [2.24, 2.45) is 5.92 Å². The molecule has 158 valence electrons. The van der Waals surface area contributed by atoms with Gasteiger partial charge in [-0.3, -0.25) is 4.98 Å². The van der Waals surface area contributed by atoms with Crippen molar-refractivity contribution in [3.63, 3.8) is 0 Å². The number of carboxylic acid groups (broad SMARTS) is 1. The van der Waals surface area contributed by atoms with E-state index >= 15 is 0 Å². The van der Waals surface area contributed by atoms with Gasteiger partial charge < -0.3 is 20.5 Å². The highest BCUT2D eigenvalue weighted by Gasteiger charge is 2.38. The van der Waals surface area contributed by atoms with Crippen molar-refractivity contribution in [1.82, 2.24) is 15.3 Å². The molecule has 3 rings (SSSR count). The summed E-state index contributed by atoms with van der Waals surface area (Å²) in [5, 5.41) is 13.8. The highest BCUT2D eigenvalue weighted by atomic mass is 19.4. The number of aromatic nitrogens is 2. The predicted molar refractivity (Wildman–Crippen MR) is 100 cm³/mol. The number of halogens is 3. The largest absolute Gasteiger partial charge is 0.490 e. The molecular weight excluding hydrogens is 389 g/mol. The molecule has 1 aliphatic rings. The van der Waals surface area contributed by atoms with Crippen LogP contribution in [0.3, 0.4) is 0 Å². The van der Waals surface area contributed by atoms with Crippen LogP contribution in [0, 0.1) is 5.92 Å². The number of ether oxygens (including phenoxy) is 1. The van der Waals surface area contributed by atoms with E-state index in [0.717, 1.165) is 25.5 Å². The summed E-state index contributed by atoms with van der Waals surface area (Å²) in [6, 6.07) is 6.60. The first-order chi connectivity index (χ1) is 13.6. The molecule has 0 unspecified atom stereocenters. The molecule has 10 heteroatoms. The summed E-state index contributed by atoms with van der Waals surface area (Å²) in [7, 11) is 0. The molecule has 0 radical (unpaired) electrons. The SMILES string of the molecule is CC(C)COc1cncc(NCc2ccc3c(c2)CNC3)n1.O=C(O)C(F)(F)F. The second-order valence-electron chi connectivity index (χ2n) is 6.81. The minimum Gasteiger partial charge on any atom is -0.476 e. The number of alkyl halides is 3. The Hall–Kier alpha value is -2.88. The lowest BCUT2D eigenvalue weighted by Crippen LogP contribution is -2.21. The zero-order chi connectivity index (χ0) is 21.4. The molecule has 2 heterocycles. The molecule has 1 aliphatic heterocycles. The van der Waals surface area contributed by atoms with E-state index < -0.39 is 12.1 Å². The van der Waals surface area contributed by atoms with Gasteiger partial charge in [-0.25, -0.2) is 4.79 Å². The molecule has 0 atom stereocenters. The Morgan fingerprint density at radius 2 is 1.97 bits per heavy atom. The highest BCUT2D eigenvalue weighted by molar-refractivity contribution is 5.73. The van der Waals surface area contributed by atoms with Crippen molar-refractivity contribution in [1.29, 1.82) is 0 Å². The van der Waals surface area contributed by atoms with Crippen LogP contribution < -0.4 is 15.4 Å². The van der Waals surface area contributed by atoms with Crippen molar-refractivity contribution in [2.75, 3.05) is 11.9 Å². The van der Waals surface area contributed by atoms with Gasteiger partial charge in [0, 0.05) is 19.6 Å². The third kappa shape index (κ3) is 7.57. The maximum Gasteiger partial charge on any atom is 0.490 e. The van der Waals surface area contributed by atoms with Crippen LogP contribution in [-0.4, -0.2) is 33.8 Å². The molecule has 1 aromatic carbocycles. The first-order valence-corrected chi connectivity index (χ1v) is 8.95. The summed E-state index contributed by atoms with van der Waals surface area (Å²) in [5.41, 5.74) is 4.03. The minimum absolute atomic E-state index is 0.471. The van der Waals surface area contributed by atoms with Gasteiger partial charge in [0.2, 0.25) is 5.88 Å². The molecule has 0 spiro atoms. The summed E-state index contributed by atoms with van der Waals surface area (Å²) >= 11 is 0. The number of nitrogens with one attached hydrogen (secondary N) is 2. The molecular formula is C19H23F3N4O3. The molecule has 0 aliphatic carbocycles. The number of aliphatic carboxylic acids is 1. The first kappa shape index (κ1) is 22.4. The van der Waals surface area contributed by atoms with Gasteiger partial charge in [-0.15, -0.1) is 0 Å². The average Bonchev–Trinajstić information content (AvgIpc) is 3.12. The number of hydrogen-bond donors (Lipinski definition) is 3. The maximum absolute atomic E-state index is 10.6. The average molecular weight is 412 g/mol. The van der Waals surface area contributed by atoms with E-state index in [4.69, 9.17) is 14.6 Å². The molecule has 7 nitrogen and oxygen atoms in total. The fourth-order valence-corrected chi connectivity index (χ4v) is 2.41. The number of rotatable bonds is 6. The minimum atomic E-state index is -5.08. The normalized spacial score (nSPS) is 12.8. The van der Waals surface area contributed by atoms with E-state index in [1.54, 1.807) is 12.4 Å². The van der Waals surface area contributed by atoms with E-state index in [9.17, 15) is 13.2 Å². The standard InChI is InChI=1S/C17H22N4O.C2HF3O2/c1-12(2)11-22-17-10-19-9-16(21-17)20-6-13-3-4-14-7-18-8-15(14)5-13;3-2(4,5)1(6)7/h3-5,9-10,12,18H,6-8,11H2,1-2H3,(H,20,21);(H,6,7). The van der Waals surface area contributed by atoms with Gasteiger partial charge in [-0.05, 0) is 22.6 Å². The Bertz CT molecular complexity index is 829. The summed E-state index contributed by atoms with van der Waals surface area (Å²) in [6.07, 6.45) is -1.72. The number of hydrogen-bond acceptors (Lipinski definition) is 6. The number of benzene rings is 1. The van der Waals surface area contributed by atoms with Crippen LogP contribution in [0.4, 0.5) is 19.0 Å². The maximum atomic E-state index is 10.6. The lowest BCUT2D eigenvalue weighted by molar-refractivity contribution is -0.192. The van der Waals surface area contributed by atoms with Crippen LogP contribution in [0.5, 0.6) is 5.88 Å². The zero-order valence-corrected chi connectivity index (χ0v) is 16.1. The lowest BCUT2D eigenvalue weighted by Gasteiger charge is -2.10. The lowest BCUT2D eigenvalue weighted by atomic mass is 10.1. The van der Waals surface area contributed by atoms with E-state index in [1.165, 1.54) is 16.7 Å². The van der Waals surface area contributed by atoms with Gasteiger partial charge >= 0.3 is 12.1 Å². The zero-order valence-electron chi connectivity index (χ0n) is 16.1. The number of fused-ring (bicyclic) bond motifs is 1. The fraction of sp³-hybridized carbons (Fsp3) is 0.421. The van der Waals surface area contributed by atoms with Gasteiger partial charge in [0.1, 0.15) is 5.82 Å². The second kappa shape index (κ2) is 10.1. The van der Waals surface area contributed by atoms with Gasteiger partial charge in [-0.2, -0.15) is 18.2 Å². The Balaban J connectivity index is 0.000000370. The van der Waals surface area contributed by atoms with Crippen LogP contribution in [0.2, 0.25) is 0 Å². The molecule has 3 N–H and O–H groups in total. The summed E-state index contributed by atoms with van der Waals surface area (Å²) in [6.45, 7) is 7.54. The Kier molecular flexibility index (Phi) is 7.77. The molecule has 0 amide bonds. The fourth-order valence-electron chi connectivity index (χ4n) is 2.41. The summed E-state index contributed by atoms with van der Waals surface area (Å²) in [4.78, 5) is 17.5. The van der Waals surface area contributed by atoms with Crippen molar-refractivity contribution >= 4 is 11.8 Å². The molecule has 0 saturated carbocycles. The van der Waals surface area contributed by atoms with Crippen molar-refractivity contribution in [3.8, 4) is 5.88 Å². The number of carbonyl (C=O) groups is 1. The van der Waals surface area contributed by atoms with Gasteiger partial charge in [0.05, 0.1) is 19.0 Å². The van der Waals surface area contributed by atoms with Crippen LogP contribution in [0.15, 0.2) is 30.6 Å². The van der Waals surface area contributed by atoms with Crippen molar-refractivity contribution in [3.05, 3.63) is 47.3 Å². The number of nitrogens with zero attached hydrogens (tertiary/aromatic N) is 2. The first-order valence-electron chi connectivity index (χ1n) is 8.95. The summed E-state index contributed by atoms with van der Waals surface area (Å²) in [5.74, 6) is -0.984. The summed E-state index contributed by atoms with van der Waals surface area (Å²) < 4.78 is 37.3. The molecule has 0 bridgehead atoms. The Labute approximate surface area is 166 Å². The van der Waals surface area contributed by atoms with Gasteiger partial charge in [-0.1, -0.05) is 32.0 Å². The highest BCUT2D eigenvalue weighted by Crippen LogP contribution is 2.18. The van der Waals surface area contributed by atoms with Crippen LogP contribution >= 0.6 is 0 Å². The second-order valence-corrected chi connectivity index (χ2v) is 6.81. The monoisotopic (exact) mass is 412 g/mol. The van der Waals surface area contributed by atoms with Crippen molar-refractivity contribution < 1.29 is 27.8 Å². The molecule has 29 heavy (non-hydrogen) atoms. The van der Waals surface area contributed by atoms with E-state index in [2.05, 4.69) is 52.6 Å². The smallest absolute Gasteiger partial charge is 0.476 e. The van der Waals surface area contributed by atoms with Gasteiger partial charge in [0.25, 0.3) is 0 Å². The molecule has 0 saturated heterocycles. The Morgan fingerprint density at radius 1 is 1.28 bits per heavy atom.